The van der Waals surface area contributed by atoms with Crippen molar-refractivity contribution in [2.45, 2.75) is 11.1 Å². The smallest absolute Gasteiger partial charge is 0.416 e. The molecule has 0 amide bonds. The minimum atomic E-state index is -4.53. The van der Waals surface area contributed by atoms with Crippen molar-refractivity contribution in [3.8, 4) is 11.5 Å². The Hall–Kier alpha value is -2.22. The van der Waals surface area contributed by atoms with E-state index in [0.717, 1.165) is 18.4 Å². The van der Waals surface area contributed by atoms with Crippen molar-refractivity contribution < 1.29 is 26.3 Å². The Kier molecular flexibility index (Phi) is 4.06. The number of hydrogen-bond donors (Lipinski definition) is 1. The molecule has 0 saturated carbocycles. The van der Waals surface area contributed by atoms with E-state index < -0.39 is 21.6 Å². The first kappa shape index (κ1) is 16.2. The predicted octanol–water partition coefficient (Wildman–Crippen LogP) is 3.48. The average molecular weight is 331 g/mol. The molecular weight excluding hydrogens is 319 g/mol. The number of rotatable bonds is 3. The third kappa shape index (κ3) is 3.91. The summed E-state index contributed by atoms with van der Waals surface area (Å²) in [5.74, 6) is 0.116. The fourth-order valence-corrected chi connectivity index (χ4v) is 2.37. The molecule has 2 N–H and O–H groups in total. The van der Waals surface area contributed by atoms with Crippen molar-refractivity contribution in [3.63, 3.8) is 0 Å². The summed E-state index contributed by atoms with van der Waals surface area (Å²) in [7, 11) is -3.35. The minimum absolute atomic E-state index is 0.0839. The molecule has 0 atom stereocenters. The van der Waals surface area contributed by atoms with Gasteiger partial charge in [-0.15, -0.1) is 0 Å². The highest BCUT2D eigenvalue weighted by Gasteiger charge is 2.31. The zero-order valence-corrected chi connectivity index (χ0v) is 12.2. The molecule has 0 fully saturated rings. The summed E-state index contributed by atoms with van der Waals surface area (Å²) < 4.78 is 66.0. The van der Waals surface area contributed by atoms with Crippen LogP contribution < -0.4 is 10.5 Å². The zero-order valence-electron chi connectivity index (χ0n) is 11.4. The van der Waals surface area contributed by atoms with E-state index in [1.165, 1.54) is 30.3 Å². The maximum absolute atomic E-state index is 12.7. The van der Waals surface area contributed by atoms with Gasteiger partial charge in [-0.05, 0) is 36.4 Å². The Morgan fingerprint density at radius 1 is 1.00 bits per heavy atom. The molecule has 2 aromatic carbocycles. The van der Waals surface area contributed by atoms with Gasteiger partial charge in [0.2, 0.25) is 0 Å². The molecule has 22 heavy (non-hydrogen) atoms. The lowest BCUT2D eigenvalue weighted by molar-refractivity contribution is -0.137. The number of alkyl halides is 3. The summed E-state index contributed by atoms with van der Waals surface area (Å²) in [6.07, 6.45) is -3.48. The van der Waals surface area contributed by atoms with Crippen LogP contribution in [0.3, 0.4) is 0 Å². The van der Waals surface area contributed by atoms with Gasteiger partial charge in [0.1, 0.15) is 11.5 Å². The van der Waals surface area contributed by atoms with Crippen LogP contribution in [0.1, 0.15) is 5.56 Å². The summed E-state index contributed by atoms with van der Waals surface area (Å²) in [5.41, 5.74) is 4.43. The topological polar surface area (TPSA) is 69.4 Å². The van der Waals surface area contributed by atoms with Gasteiger partial charge in [0.05, 0.1) is 10.5 Å². The number of hydrogen-bond acceptors (Lipinski definition) is 4. The van der Waals surface area contributed by atoms with Gasteiger partial charge in [-0.2, -0.15) is 13.2 Å². The van der Waals surface area contributed by atoms with E-state index in [-0.39, 0.29) is 22.1 Å². The Labute approximate surface area is 125 Å². The van der Waals surface area contributed by atoms with Gasteiger partial charge in [0.15, 0.2) is 9.84 Å². The van der Waals surface area contributed by atoms with Crippen molar-refractivity contribution in [2.24, 2.45) is 0 Å². The summed E-state index contributed by atoms with van der Waals surface area (Å²) in [6.45, 7) is 0. The maximum Gasteiger partial charge on any atom is 0.416 e. The van der Waals surface area contributed by atoms with Crippen LogP contribution in [0.15, 0.2) is 47.4 Å². The molecule has 8 heteroatoms. The van der Waals surface area contributed by atoms with E-state index in [4.69, 9.17) is 10.5 Å². The summed E-state index contributed by atoms with van der Waals surface area (Å²) in [6, 6.07) is 8.20. The monoisotopic (exact) mass is 331 g/mol. The number of nitrogen functional groups attached to an aromatic ring is 1. The fraction of sp³-hybridized carbons (Fsp3) is 0.143. The van der Waals surface area contributed by atoms with E-state index in [0.29, 0.717) is 0 Å². The van der Waals surface area contributed by atoms with Crippen molar-refractivity contribution in [3.05, 3.63) is 48.0 Å². The van der Waals surface area contributed by atoms with Gasteiger partial charge in [-0.3, -0.25) is 0 Å². The lowest BCUT2D eigenvalue weighted by Gasteiger charge is -2.11. The first-order valence-corrected chi connectivity index (χ1v) is 7.90. The van der Waals surface area contributed by atoms with E-state index in [2.05, 4.69) is 0 Å². The Bertz CT molecular complexity index is 784. The van der Waals surface area contributed by atoms with Crippen molar-refractivity contribution in [1.82, 2.24) is 0 Å². The summed E-state index contributed by atoms with van der Waals surface area (Å²) >= 11 is 0. The molecule has 0 aromatic heterocycles. The second kappa shape index (κ2) is 5.53. The lowest BCUT2D eigenvalue weighted by Crippen LogP contribution is -2.06. The zero-order chi connectivity index (χ0) is 16.5. The SMILES string of the molecule is CS(=O)(=O)c1ccc(Oc2cc(N)cc(C(F)(F)F)c2)cc1. The predicted molar refractivity (Wildman–Crippen MR) is 75.5 cm³/mol. The van der Waals surface area contributed by atoms with Crippen molar-refractivity contribution in [1.29, 1.82) is 0 Å². The summed E-state index contributed by atoms with van der Waals surface area (Å²) in [4.78, 5) is 0.0865. The number of nitrogens with two attached hydrogens (primary N) is 1. The molecule has 118 valence electrons. The molecule has 4 nitrogen and oxygen atoms in total. The number of sulfone groups is 1. The van der Waals surface area contributed by atoms with Gasteiger partial charge in [-0.25, -0.2) is 8.42 Å². The van der Waals surface area contributed by atoms with Crippen LogP contribution >= 0.6 is 0 Å². The van der Waals surface area contributed by atoms with Gasteiger partial charge >= 0.3 is 6.18 Å². The molecule has 0 spiro atoms. The molecule has 0 unspecified atom stereocenters. The Balaban J connectivity index is 2.29. The maximum atomic E-state index is 12.7. The Morgan fingerprint density at radius 3 is 2.09 bits per heavy atom. The molecule has 0 bridgehead atoms. The quantitative estimate of drug-likeness (QED) is 0.874. The van der Waals surface area contributed by atoms with Crippen molar-refractivity contribution in [2.75, 3.05) is 12.0 Å². The highest BCUT2D eigenvalue weighted by molar-refractivity contribution is 7.90. The molecule has 0 saturated heterocycles. The van der Waals surface area contributed by atoms with E-state index in [9.17, 15) is 21.6 Å². The average Bonchev–Trinajstić information content (AvgIpc) is 2.36. The molecule has 0 aliphatic rings. The van der Waals surface area contributed by atoms with Gasteiger partial charge in [-0.1, -0.05) is 0 Å². The van der Waals surface area contributed by atoms with Crippen LogP contribution in [0.5, 0.6) is 11.5 Å². The standard InChI is InChI=1S/C14H12F3NO3S/c1-22(19,20)13-4-2-11(3-5-13)21-12-7-9(14(15,16)17)6-10(18)8-12/h2-8H,18H2,1H3. The van der Waals surface area contributed by atoms with Crippen LogP contribution in [0.25, 0.3) is 0 Å². The largest absolute Gasteiger partial charge is 0.457 e. The first-order valence-electron chi connectivity index (χ1n) is 6.01. The molecule has 0 radical (unpaired) electrons. The third-order valence-corrected chi connectivity index (χ3v) is 3.87. The van der Waals surface area contributed by atoms with E-state index in [1.54, 1.807) is 0 Å². The summed E-state index contributed by atoms with van der Waals surface area (Å²) in [5, 5.41) is 0. The number of halogens is 3. The van der Waals surface area contributed by atoms with E-state index in [1.807, 2.05) is 0 Å². The van der Waals surface area contributed by atoms with Crippen LogP contribution in [0.4, 0.5) is 18.9 Å². The molecule has 0 aliphatic carbocycles. The number of ether oxygens (including phenoxy) is 1. The van der Waals surface area contributed by atoms with Crippen LogP contribution in [-0.2, 0) is 16.0 Å². The van der Waals surface area contributed by atoms with Gasteiger partial charge < -0.3 is 10.5 Å². The number of anilines is 1. The van der Waals surface area contributed by atoms with Crippen LogP contribution in [0, 0.1) is 0 Å². The minimum Gasteiger partial charge on any atom is -0.457 e. The number of benzene rings is 2. The first-order chi connectivity index (χ1) is 10.1. The lowest BCUT2D eigenvalue weighted by atomic mass is 10.2. The molecule has 2 aromatic rings. The van der Waals surface area contributed by atoms with Crippen molar-refractivity contribution >= 4 is 15.5 Å². The second-order valence-corrected chi connectivity index (χ2v) is 6.65. The second-order valence-electron chi connectivity index (χ2n) is 4.63. The molecule has 2 rings (SSSR count). The van der Waals surface area contributed by atoms with Crippen LogP contribution in [0.2, 0.25) is 0 Å². The van der Waals surface area contributed by atoms with Crippen LogP contribution in [-0.4, -0.2) is 14.7 Å². The highest BCUT2D eigenvalue weighted by atomic mass is 32.2. The Morgan fingerprint density at radius 2 is 1.59 bits per heavy atom. The molecule has 0 aliphatic heterocycles. The third-order valence-electron chi connectivity index (χ3n) is 2.74. The van der Waals surface area contributed by atoms with Gasteiger partial charge in [0, 0.05) is 18.0 Å². The fourth-order valence-electron chi connectivity index (χ4n) is 1.74. The van der Waals surface area contributed by atoms with E-state index >= 15 is 0 Å². The molecular formula is C14H12F3NO3S. The van der Waals surface area contributed by atoms with Gasteiger partial charge in [0.25, 0.3) is 0 Å². The normalized spacial score (nSPS) is 12.2. The highest BCUT2D eigenvalue weighted by Crippen LogP contribution is 2.34. The molecule has 0 heterocycles.